The second kappa shape index (κ2) is 8.54. The molecule has 1 amide bonds. The van der Waals surface area contributed by atoms with Crippen LogP contribution in [-0.4, -0.2) is 48.0 Å². The van der Waals surface area contributed by atoms with Crippen molar-refractivity contribution in [3.05, 3.63) is 87.5 Å². The number of hydrogen-bond donors (Lipinski definition) is 1. The molecule has 3 unspecified atom stereocenters. The highest BCUT2D eigenvalue weighted by molar-refractivity contribution is 6.12. The predicted molar refractivity (Wildman–Crippen MR) is 139 cm³/mol. The molecule has 1 spiro atoms. The standard InChI is InChI=1S/C29H25N3O7/c1-37-19-9-10-21-20(14-19)29(28(34)30-21)26(27(33)17-6-11-23-24(13-17)39-15-38-23)25(22-3-2-12-31(22)29)16-4-7-18(8-5-16)32(35)36/h4-11,13-14,22,25-26H,2-3,12,15H2,1H3,(H,30,34)/t22?,25?,26?,29-/m1/s1. The number of nitrogens with one attached hydrogen (secondary N) is 1. The minimum Gasteiger partial charge on any atom is -0.497 e. The summed E-state index contributed by atoms with van der Waals surface area (Å²) in [6, 6.07) is 16.8. The van der Waals surface area contributed by atoms with Gasteiger partial charge in [0.2, 0.25) is 12.7 Å². The highest BCUT2D eigenvalue weighted by atomic mass is 16.7. The maximum atomic E-state index is 14.7. The molecular formula is C29H25N3O7. The molecule has 0 aromatic heterocycles. The molecule has 0 aliphatic carbocycles. The first kappa shape index (κ1) is 23.7. The van der Waals surface area contributed by atoms with Crippen molar-refractivity contribution in [2.75, 3.05) is 25.8 Å². The zero-order valence-corrected chi connectivity index (χ0v) is 21.1. The van der Waals surface area contributed by atoms with Gasteiger partial charge in [-0.25, -0.2) is 0 Å². The van der Waals surface area contributed by atoms with E-state index in [0.717, 1.165) is 18.4 Å². The third-order valence-electron chi connectivity index (χ3n) is 8.64. The Morgan fingerprint density at radius 1 is 1.10 bits per heavy atom. The summed E-state index contributed by atoms with van der Waals surface area (Å²) in [6.07, 6.45) is 1.66. The maximum absolute atomic E-state index is 14.7. The van der Waals surface area contributed by atoms with Crippen LogP contribution in [0.15, 0.2) is 60.7 Å². The van der Waals surface area contributed by atoms with Gasteiger partial charge in [-0.15, -0.1) is 0 Å². The summed E-state index contributed by atoms with van der Waals surface area (Å²) in [6.45, 7) is 0.723. The van der Waals surface area contributed by atoms with Crippen LogP contribution < -0.4 is 19.5 Å². The number of Topliss-reactive ketones (excluding diaryl/α,β-unsaturated/α-hetero) is 1. The third-order valence-corrected chi connectivity index (χ3v) is 8.64. The van der Waals surface area contributed by atoms with Crippen LogP contribution in [0.1, 0.15) is 40.2 Å². The summed E-state index contributed by atoms with van der Waals surface area (Å²) in [4.78, 5) is 41.9. The number of fused-ring (bicyclic) bond motifs is 5. The molecule has 10 nitrogen and oxygen atoms in total. The number of carbonyl (C=O) groups is 2. The monoisotopic (exact) mass is 527 g/mol. The minimum absolute atomic E-state index is 0.0259. The zero-order chi connectivity index (χ0) is 26.9. The summed E-state index contributed by atoms with van der Waals surface area (Å²) in [7, 11) is 1.57. The third kappa shape index (κ3) is 3.24. The quantitative estimate of drug-likeness (QED) is 0.297. The molecule has 198 valence electrons. The van der Waals surface area contributed by atoms with Gasteiger partial charge in [-0.1, -0.05) is 12.1 Å². The fourth-order valence-corrected chi connectivity index (χ4v) is 7.09. The van der Waals surface area contributed by atoms with Gasteiger partial charge in [-0.2, -0.15) is 0 Å². The number of non-ortho nitro benzene ring substituents is 1. The Labute approximate surface area is 223 Å². The van der Waals surface area contributed by atoms with E-state index in [9.17, 15) is 19.7 Å². The molecule has 10 heteroatoms. The molecule has 0 saturated carbocycles. The van der Waals surface area contributed by atoms with Crippen LogP contribution in [0.4, 0.5) is 11.4 Å². The Morgan fingerprint density at radius 2 is 1.90 bits per heavy atom. The number of nitro groups is 1. The lowest BCUT2D eigenvalue weighted by Crippen LogP contribution is -2.52. The SMILES string of the molecule is COc1ccc2c(c1)[C@]1(C(=O)N2)C(C(=O)c2ccc3c(c2)OCO3)C(c2ccc([N+](=O)[O-])cc2)C2CCCN21. The van der Waals surface area contributed by atoms with Gasteiger partial charge in [-0.05, 0) is 61.3 Å². The van der Waals surface area contributed by atoms with Gasteiger partial charge in [0.05, 0.1) is 18.0 Å². The Hall–Kier alpha value is -4.44. The van der Waals surface area contributed by atoms with Gasteiger partial charge in [0, 0.05) is 40.9 Å². The number of rotatable bonds is 5. The molecule has 2 saturated heterocycles. The van der Waals surface area contributed by atoms with Crippen molar-refractivity contribution in [1.29, 1.82) is 0 Å². The van der Waals surface area contributed by atoms with Crippen LogP contribution in [0, 0.1) is 16.0 Å². The van der Waals surface area contributed by atoms with E-state index in [2.05, 4.69) is 10.2 Å². The van der Waals surface area contributed by atoms with Crippen molar-refractivity contribution >= 4 is 23.1 Å². The van der Waals surface area contributed by atoms with E-state index in [1.165, 1.54) is 12.1 Å². The molecule has 4 aliphatic rings. The molecule has 3 aromatic rings. The predicted octanol–water partition coefficient (Wildman–Crippen LogP) is 4.24. The summed E-state index contributed by atoms with van der Waals surface area (Å²) in [5, 5.41) is 14.4. The van der Waals surface area contributed by atoms with Crippen LogP contribution in [-0.2, 0) is 10.3 Å². The van der Waals surface area contributed by atoms with Crippen LogP contribution >= 0.6 is 0 Å². The Bertz CT molecular complexity index is 1540. The lowest BCUT2D eigenvalue weighted by Gasteiger charge is -2.37. The van der Waals surface area contributed by atoms with Crippen molar-refractivity contribution in [3.8, 4) is 17.2 Å². The number of ether oxygens (including phenoxy) is 3. The zero-order valence-electron chi connectivity index (χ0n) is 21.1. The van der Waals surface area contributed by atoms with Crippen LogP contribution in [0.25, 0.3) is 0 Å². The molecule has 7 rings (SSSR count). The van der Waals surface area contributed by atoms with Gasteiger partial charge >= 0.3 is 0 Å². The van der Waals surface area contributed by atoms with Crippen molar-refractivity contribution in [1.82, 2.24) is 4.90 Å². The number of ketones is 1. The van der Waals surface area contributed by atoms with E-state index < -0.39 is 16.4 Å². The number of carbonyl (C=O) groups excluding carboxylic acids is 2. The number of nitrogens with zero attached hydrogens (tertiary/aromatic N) is 2. The molecule has 4 atom stereocenters. The van der Waals surface area contributed by atoms with Gasteiger partial charge in [0.25, 0.3) is 5.69 Å². The fraction of sp³-hybridized carbons (Fsp3) is 0.310. The molecule has 2 fully saturated rings. The average molecular weight is 528 g/mol. The van der Waals surface area contributed by atoms with Gasteiger partial charge in [0.1, 0.15) is 11.3 Å². The van der Waals surface area contributed by atoms with E-state index in [4.69, 9.17) is 14.2 Å². The molecule has 3 aromatic carbocycles. The summed E-state index contributed by atoms with van der Waals surface area (Å²) in [5.41, 5.74) is 1.27. The van der Waals surface area contributed by atoms with E-state index in [1.54, 1.807) is 43.5 Å². The number of nitro benzene ring substituents is 1. The second-order valence-electron chi connectivity index (χ2n) is 10.3. The second-order valence-corrected chi connectivity index (χ2v) is 10.3. The average Bonchev–Trinajstić information content (AvgIpc) is 3.72. The van der Waals surface area contributed by atoms with Crippen LogP contribution in [0.2, 0.25) is 0 Å². The molecule has 4 heterocycles. The lowest BCUT2D eigenvalue weighted by molar-refractivity contribution is -0.384. The van der Waals surface area contributed by atoms with Crippen LogP contribution in [0.3, 0.4) is 0 Å². The Kier molecular flexibility index (Phi) is 5.18. The van der Waals surface area contributed by atoms with Gasteiger partial charge in [0.15, 0.2) is 17.3 Å². The van der Waals surface area contributed by atoms with E-state index in [1.807, 2.05) is 12.1 Å². The highest BCUT2D eigenvalue weighted by Crippen LogP contribution is 2.61. The number of hydrogen-bond acceptors (Lipinski definition) is 8. The first-order chi connectivity index (χ1) is 18.9. The van der Waals surface area contributed by atoms with E-state index in [-0.39, 0.29) is 36.1 Å². The number of benzene rings is 3. The minimum atomic E-state index is -1.27. The molecular weight excluding hydrogens is 502 g/mol. The van der Waals surface area contributed by atoms with Gasteiger partial charge in [-0.3, -0.25) is 24.6 Å². The van der Waals surface area contributed by atoms with Crippen molar-refractivity contribution < 1.29 is 28.7 Å². The normalized spacial score (nSPS) is 26.4. The molecule has 4 aliphatic heterocycles. The molecule has 0 bridgehead atoms. The first-order valence-corrected chi connectivity index (χ1v) is 12.9. The van der Waals surface area contributed by atoms with Crippen molar-refractivity contribution in [3.63, 3.8) is 0 Å². The Morgan fingerprint density at radius 3 is 2.67 bits per heavy atom. The topological polar surface area (TPSA) is 120 Å². The lowest BCUT2D eigenvalue weighted by atomic mass is 9.68. The number of anilines is 1. The van der Waals surface area contributed by atoms with Crippen molar-refractivity contribution in [2.45, 2.75) is 30.3 Å². The van der Waals surface area contributed by atoms with E-state index in [0.29, 0.717) is 40.6 Å². The van der Waals surface area contributed by atoms with Gasteiger partial charge < -0.3 is 19.5 Å². The fourth-order valence-electron chi connectivity index (χ4n) is 7.09. The summed E-state index contributed by atoms with van der Waals surface area (Å²) in [5.74, 6) is 0.00530. The van der Waals surface area contributed by atoms with Crippen LogP contribution in [0.5, 0.6) is 17.2 Å². The molecule has 39 heavy (non-hydrogen) atoms. The summed E-state index contributed by atoms with van der Waals surface area (Å²) >= 11 is 0. The molecule has 0 radical (unpaired) electrons. The number of amides is 1. The van der Waals surface area contributed by atoms with Crippen molar-refractivity contribution in [2.24, 2.45) is 5.92 Å². The first-order valence-electron chi connectivity index (χ1n) is 12.9. The smallest absolute Gasteiger partial charge is 0.269 e. The Balaban J connectivity index is 1.45. The highest BCUT2D eigenvalue weighted by Gasteiger charge is 2.69. The summed E-state index contributed by atoms with van der Waals surface area (Å²) < 4.78 is 16.5. The molecule has 1 N–H and O–H groups in total. The maximum Gasteiger partial charge on any atom is 0.269 e. The number of methoxy groups -OCH3 is 1. The van der Waals surface area contributed by atoms with E-state index >= 15 is 0 Å². The largest absolute Gasteiger partial charge is 0.497 e.